The van der Waals surface area contributed by atoms with Gasteiger partial charge in [-0.05, 0) is 37.5 Å². The van der Waals surface area contributed by atoms with Crippen molar-refractivity contribution in [2.24, 2.45) is 5.41 Å². The van der Waals surface area contributed by atoms with Crippen molar-refractivity contribution in [1.29, 1.82) is 0 Å². The molecule has 3 aliphatic rings. The van der Waals surface area contributed by atoms with Gasteiger partial charge >= 0.3 is 0 Å². The van der Waals surface area contributed by atoms with Gasteiger partial charge in [-0.1, -0.05) is 12.1 Å². The largest absolute Gasteiger partial charge is 0.507 e. The third-order valence-corrected chi connectivity index (χ3v) is 5.97. The first-order valence-electron chi connectivity index (χ1n) is 9.60. The number of hydrogen-bond donors (Lipinski definition) is 3. The van der Waals surface area contributed by atoms with E-state index in [4.69, 9.17) is 4.74 Å². The van der Waals surface area contributed by atoms with Gasteiger partial charge in [0.05, 0.1) is 23.6 Å². The number of aliphatic hydroxyl groups excluding tert-OH is 2. The second kappa shape index (κ2) is 7.27. The quantitative estimate of drug-likeness (QED) is 0.709. The highest BCUT2D eigenvalue weighted by Gasteiger charge is 2.53. The summed E-state index contributed by atoms with van der Waals surface area (Å²) < 4.78 is 18.8. The molecule has 2 saturated heterocycles. The highest BCUT2D eigenvalue weighted by molar-refractivity contribution is 6.03. The van der Waals surface area contributed by atoms with E-state index in [9.17, 15) is 24.2 Å². The van der Waals surface area contributed by atoms with Gasteiger partial charge in [0.2, 0.25) is 0 Å². The number of nitrogens with one attached hydrogen (secondary N) is 1. The van der Waals surface area contributed by atoms with E-state index in [1.54, 1.807) is 12.1 Å². The molecule has 2 fully saturated rings. The summed E-state index contributed by atoms with van der Waals surface area (Å²) in [6, 6.07) is 5.66. The van der Waals surface area contributed by atoms with Crippen molar-refractivity contribution in [2.75, 3.05) is 13.2 Å². The normalized spacial score (nSPS) is 29.1. The molecule has 0 spiro atoms. The molecule has 3 aliphatic heterocycles. The predicted octanol–water partition coefficient (Wildman–Crippen LogP) is 1.54. The maximum atomic E-state index is 13.1. The molecule has 154 valence electrons. The smallest absolute Gasteiger partial charge is 0.252 e. The lowest BCUT2D eigenvalue weighted by atomic mass is 9.70. The molecule has 0 aliphatic carbocycles. The van der Waals surface area contributed by atoms with Gasteiger partial charge in [0.25, 0.3) is 5.91 Å². The monoisotopic (exact) mass is 402 g/mol. The van der Waals surface area contributed by atoms with Crippen molar-refractivity contribution in [1.82, 2.24) is 10.2 Å². The number of fused-ring (bicyclic) bond motifs is 2. The molecule has 4 rings (SSSR count). The van der Waals surface area contributed by atoms with Crippen LogP contribution in [0.15, 0.2) is 47.5 Å². The number of halogens is 1. The lowest BCUT2D eigenvalue weighted by Gasteiger charge is -2.48. The van der Waals surface area contributed by atoms with Gasteiger partial charge in [0.1, 0.15) is 17.6 Å². The molecule has 1 amide bonds. The minimum Gasteiger partial charge on any atom is -0.507 e. The molecule has 3 N–H and O–H groups in total. The Morgan fingerprint density at radius 3 is 2.83 bits per heavy atom. The number of carbonyl (C=O) groups is 2. The molecule has 0 aromatic heterocycles. The molecule has 0 radical (unpaired) electrons. The lowest BCUT2D eigenvalue weighted by Crippen LogP contribution is -2.58. The minimum atomic E-state index is -1.59. The maximum absolute atomic E-state index is 13.1. The molecular weight excluding hydrogens is 379 g/mol. The van der Waals surface area contributed by atoms with Gasteiger partial charge in [-0.25, -0.2) is 4.39 Å². The Labute approximate surface area is 167 Å². The number of Topliss-reactive ketones (excluding diaryl/α,β-unsaturated/α-hetero) is 1. The molecule has 3 heterocycles. The number of allylic oxidation sites excluding steroid dienone is 1. The Kier molecular flexibility index (Phi) is 4.92. The first-order chi connectivity index (χ1) is 13.8. The van der Waals surface area contributed by atoms with Crippen molar-refractivity contribution < 1.29 is 28.9 Å². The van der Waals surface area contributed by atoms with E-state index >= 15 is 0 Å². The molecule has 1 aromatic rings. The summed E-state index contributed by atoms with van der Waals surface area (Å²) in [5.74, 6) is -1.76. The second-order valence-electron chi connectivity index (χ2n) is 7.89. The van der Waals surface area contributed by atoms with E-state index in [-0.39, 0.29) is 35.5 Å². The molecule has 7 nitrogen and oxygen atoms in total. The van der Waals surface area contributed by atoms with Crippen LogP contribution >= 0.6 is 0 Å². The third kappa shape index (κ3) is 3.32. The Bertz CT molecular complexity index is 910. The second-order valence-corrected chi connectivity index (χ2v) is 7.89. The van der Waals surface area contributed by atoms with E-state index in [1.165, 1.54) is 23.2 Å². The summed E-state index contributed by atoms with van der Waals surface area (Å²) in [6.45, 7) is 2.81. The molecule has 29 heavy (non-hydrogen) atoms. The first-order valence-corrected chi connectivity index (χ1v) is 9.60. The van der Waals surface area contributed by atoms with E-state index in [0.29, 0.717) is 25.1 Å². The first kappa shape index (κ1) is 19.6. The lowest BCUT2D eigenvalue weighted by molar-refractivity contribution is -0.151. The average Bonchev–Trinajstić information content (AvgIpc) is 2.71. The number of rotatable bonds is 3. The Balaban J connectivity index is 1.55. The Morgan fingerprint density at radius 2 is 2.10 bits per heavy atom. The fourth-order valence-electron chi connectivity index (χ4n) is 4.16. The number of aliphatic hydroxyl groups is 2. The van der Waals surface area contributed by atoms with Gasteiger partial charge < -0.3 is 25.2 Å². The summed E-state index contributed by atoms with van der Waals surface area (Å²) in [5, 5.41) is 23.7. The van der Waals surface area contributed by atoms with Gasteiger partial charge in [-0.3, -0.25) is 9.59 Å². The predicted molar refractivity (Wildman–Crippen MR) is 101 cm³/mol. The average molecular weight is 402 g/mol. The zero-order valence-corrected chi connectivity index (χ0v) is 16.0. The zero-order chi connectivity index (χ0) is 20.8. The number of carbonyl (C=O) groups excluding carboxylic acids is 2. The Morgan fingerprint density at radius 1 is 1.38 bits per heavy atom. The Hall–Kier alpha value is -2.71. The number of amides is 1. The van der Waals surface area contributed by atoms with Crippen LogP contribution in [0.2, 0.25) is 0 Å². The van der Waals surface area contributed by atoms with Crippen molar-refractivity contribution in [3.63, 3.8) is 0 Å². The van der Waals surface area contributed by atoms with Gasteiger partial charge in [-0.15, -0.1) is 0 Å². The molecule has 3 atom stereocenters. The summed E-state index contributed by atoms with van der Waals surface area (Å²) in [6.07, 6.45) is 0.849. The fourth-order valence-corrected chi connectivity index (χ4v) is 4.16. The highest BCUT2D eigenvalue weighted by Crippen LogP contribution is 2.44. The summed E-state index contributed by atoms with van der Waals surface area (Å²) in [5.41, 5.74) is -0.114. The van der Waals surface area contributed by atoms with Crippen LogP contribution in [0.3, 0.4) is 0 Å². The van der Waals surface area contributed by atoms with Crippen LogP contribution in [0, 0.1) is 11.2 Å². The molecular formula is C21H23FN2O5. The van der Waals surface area contributed by atoms with Crippen LogP contribution in [0.4, 0.5) is 4.39 Å². The van der Waals surface area contributed by atoms with Gasteiger partial charge in [-0.2, -0.15) is 0 Å². The molecule has 8 heteroatoms. The van der Waals surface area contributed by atoms with Crippen LogP contribution in [0.25, 0.3) is 0 Å². The van der Waals surface area contributed by atoms with E-state index in [2.05, 4.69) is 5.32 Å². The summed E-state index contributed by atoms with van der Waals surface area (Å²) >= 11 is 0. The number of hydrogen-bond acceptors (Lipinski definition) is 6. The van der Waals surface area contributed by atoms with Gasteiger partial charge in [0.15, 0.2) is 11.5 Å². The van der Waals surface area contributed by atoms with Crippen LogP contribution in [-0.2, 0) is 20.9 Å². The number of benzene rings is 1. The van der Waals surface area contributed by atoms with Crippen LogP contribution in [0.5, 0.6) is 0 Å². The number of ketones is 1. The third-order valence-electron chi connectivity index (χ3n) is 5.97. The van der Waals surface area contributed by atoms with E-state index in [1.807, 2.05) is 6.92 Å². The number of nitrogens with zero attached hydrogens (tertiary/aromatic N) is 1. The van der Waals surface area contributed by atoms with E-state index < -0.39 is 23.2 Å². The van der Waals surface area contributed by atoms with Crippen molar-refractivity contribution in [3.05, 3.63) is 58.9 Å². The minimum absolute atomic E-state index is 0.0248. The zero-order valence-electron chi connectivity index (χ0n) is 16.0. The number of piperidine rings is 1. The molecule has 0 bridgehead atoms. The molecule has 1 aromatic carbocycles. The van der Waals surface area contributed by atoms with Gasteiger partial charge in [0, 0.05) is 19.4 Å². The topological polar surface area (TPSA) is 99.1 Å². The van der Waals surface area contributed by atoms with Crippen LogP contribution in [-0.4, -0.2) is 52.2 Å². The standard InChI is InChI=1S/C21H23FN2O5/c1-21-7-2-8-29-15(21)11-24-10-14(17(25)18(26)16(24)19(21)27)20(28)23-9-12-3-5-13(22)6-4-12/h3-6,10,15,17,25-26H,2,7-9,11H2,1H3,(H,23,28)/t15-,17?,21-/m1/s1. The maximum Gasteiger partial charge on any atom is 0.252 e. The highest BCUT2D eigenvalue weighted by atomic mass is 19.1. The van der Waals surface area contributed by atoms with Crippen LogP contribution in [0.1, 0.15) is 25.3 Å². The van der Waals surface area contributed by atoms with Crippen LogP contribution < -0.4 is 5.32 Å². The summed E-state index contributed by atoms with van der Waals surface area (Å²) in [7, 11) is 0. The fraction of sp³-hybridized carbons (Fsp3) is 0.429. The van der Waals surface area contributed by atoms with Crippen molar-refractivity contribution in [3.8, 4) is 0 Å². The molecule has 0 saturated carbocycles. The SMILES string of the molecule is C[C@@]12CCCO[C@@H]1CN1C=C(C(=O)NCc3ccc(F)cc3)C(O)C(O)=C1C2=O. The van der Waals surface area contributed by atoms with Crippen molar-refractivity contribution in [2.45, 2.75) is 38.5 Å². The van der Waals surface area contributed by atoms with Crippen molar-refractivity contribution >= 4 is 11.7 Å². The summed E-state index contributed by atoms with van der Waals surface area (Å²) in [4.78, 5) is 27.2. The van der Waals surface area contributed by atoms with E-state index in [0.717, 1.165) is 6.42 Å². The number of ether oxygens (including phenoxy) is 1. The molecule has 1 unspecified atom stereocenters.